The second-order valence-corrected chi connectivity index (χ2v) is 6.87. The van der Waals surface area contributed by atoms with E-state index in [1.165, 1.54) is 6.07 Å². The molecule has 1 N–H and O–H groups in total. The van der Waals surface area contributed by atoms with Gasteiger partial charge in [0.1, 0.15) is 10.6 Å². The SMILES string of the molecule is O=C(O)C1CN(S(=O)(=O)c2cc(Cl)ccc2OC(F)F)CCO1. The third kappa shape index (κ3) is 4.08. The summed E-state index contributed by atoms with van der Waals surface area (Å²) in [7, 11) is -4.28. The second-order valence-electron chi connectivity index (χ2n) is 4.53. The van der Waals surface area contributed by atoms with Crippen LogP contribution in [0.25, 0.3) is 0 Å². The molecule has 1 atom stereocenters. The molecule has 0 amide bonds. The van der Waals surface area contributed by atoms with E-state index < -0.39 is 45.9 Å². The van der Waals surface area contributed by atoms with Crippen LogP contribution in [0.4, 0.5) is 8.78 Å². The van der Waals surface area contributed by atoms with Crippen LogP contribution in [0.1, 0.15) is 0 Å². The fourth-order valence-corrected chi connectivity index (χ4v) is 3.82. The van der Waals surface area contributed by atoms with Crippen molar-refractivity contribution >= 4 is 27.6 Å². The lowest BCUT2D eigenvalue weighted by Gasteiger charge is -2.30. The number of sulfonamides is 1. The molecule has 1 aliphatic heterocycles. The van der Waals surface area contributed by atoms with Crippen molar-refractivity contribution in [2.45, 2.75) is 17.6 Å². The summed E-state index contributed by atoms with van der Waals surface area (Å²) in [6, 6.07) is 3.19. The molecule has 7 nitrogen and oxygen atoms in total. The van der Waals surface area contributed by atoms with Gasteiger partial charge in [0.05, 0.1) is 13.2 Å². The van der Waals surface area contributed by atoms with Crippen LogP contribution in [0.3, 0.4) is 0 Å². The van der Waals surface area contributed by atoms with Crippen molar-refractivity contribution in [1.29, 1.82) is 0 Å². The third-order valence-electron chi connectivity index (χ3n) is 3.04. The summed E-state index contributed by atoms with van der Waals surface area (Å²) in [6.45, 7) is -3.92. The number of carboxylic acid groups (broad SMARTS) is 1. The first-order chi connectivity index (χ1) is 10.7. The molecule has 2 rings (SSSR count). The molecule has 1 saturated heterocycles. The Balaban J connectivity index is 2.39. The van der Waals surface area contributed by atoms with Gasteiger partial charge in [-0.1, -0.05) is 11.6 Å². The summed E-state index contributed by atoms with van der Waals surface area (Å²) in [6.07, 6.45) is -1.34. The van der Waals surface area contributed by atoms with Crippen molar-refractivity contribution < 1.29 is 36.6 Å². The molecule has 0 bridgehead atoms. The Morgan fingerprint density at radius 2 is 2.17 bits per heavy atom. The number of alkyl halides is 2. The lowest BCUT2D eigenvalue weighted by molar-refractivity contribution is -0.153. The number of morpholine rings is 1. The molecule has 11 heteroatoms. The molecular weight excluding hydrogens is 360 g/mol. The smallest absolute Gasteiger partial charge is 0.387 e. The van der Waals surface area contributed by atoms with Gasteiger partial charge in [-0.2, -0.15) is 13.1 Å². The van der Waals surface area contributed by atoms with Crippen molar-refractivity contribution in [2.24, 2.45) is 0 Å². The van der Waals surface area contributed by atoms with Crippen LogP contribution in [0, 0.1) is 0 Å². The first-order valence-corrected chi connectivity index (χ1v) is 8.12. The second kappa shape index (κ2) is 6.95. The number of carboxylic acids is 1. The maximum Gasteiger partial charge on any atom is 0.387 e. The van der Waals surface area contributed by atoms with Crippen LogP contribution in [0.5, 0.6) is 5.75 Å². The number of rotatable bonds is 5. The lowest BCUT2D eigenvalue weighted by atomic mass is 10.3. The van der Waals surface area contributed by atoms with E-state index in [9.17, 15) is 22.0 Å². The standard InChI is InChI=1S/C12H12ClF2NO6S/c13-7-1-2-8(22-12(14)15)10(5-7)23(19,20)16-3-4-21-9(6-16)11(17)18/h1-2,5,9,12H,3-4,6H2,(H,17,18). The van der Waals surface area contributed by atoms with Crippen LogP contribution < -0.4 is 4.74 Å². The van der Waals surface area contributed by atoms with E-state index in [1.54, 1.807) is 0 Å². The largest absolute Gasteiger partial charge is 0.479 e. The molecule has 0 spiro atoms. The van der Waals surface area contributed by atoms with Crippen LogP contribution >= 0.6 is 11.6 Å². The van der Waals surface area contributed by atoms with Crippen molar-refractivity contribution in [3.63, 3.8) is 0 Å². The van der Waals surface area contributed by atoms with Gasteiger partial charge >= 0.3 is 12.6 Å². The summed E-state index contributed by atoms with van der Waals surface area (Å²) in [5.41, 5.74) is 0. The zero-order valence-corrected chi connectivity index (χ0v) is 13.1. The number of halogens is 3. The molecule has 0 aliphatic carbocycles. The Labute approximate surface area is 135 Å². The van der Waals surface area contributed by atoms with Gasteiger partial charge in [-0.15, -0.1) is 0 Å². The average molecular weight is 372 g/mol. The number of hydrogen-bond donors (Lipinski definition) is 1. The minimum absolute atomic E-state index is 0.00763. The molecule has 1 heterocycles. The molecule has 0 saturated carbocycles. The number of benzene rings is 1. The Kier molecular flexibility index (Phi) is 5.40. The molecule has 1 aromatic carbocycles. The van der Waals surface area contributed by atoms with Crippen LogP contribution in [-0.2, 0) is 19.6 Å². The van der Waals surface area contributed by atoms with Crippen molar-refractivity contribution in [3.05, 3.63) is 23.2 Å². The Morgan fingerprint density at radius 1 is 1.48 bits per heavy atom. The van der Waals surface area contributed by atoms with E-state index in [1.807, 2.05) is 0 Å². The Bertz CT molecular complexity index is 699. The van der Waals surface area contributed by atoms with Crippen LogP contribution in [0.15, 0.2) is 23.1 Å². The van der Waals surface area contributed by atoms with Gasteiger partial charge < -0.3 is 14.6 Å². The highest BCUT2D eigenvalue weighted by atomic mass is 35.5. The topological polar surface area (TPSA) is 93.1 Å². The lowest BCUT2D eigenvalue weighted by Crippen LogP contribution is -2.48. The average Bonchev–Trinajstić information content (AvgIpc) is 2.48. The molecule has 1 aromatic rings. The minimum atomic E-state index is -4.28. The van der Waals surface area contributed by atoms with E-state index in [4.69, 9.17) is 21.4 Å². The van der Waals surface area contributed by atoms with Gasteiger partial charge in [-0.05, 0) is 18.2 Å². The maximum absolute atomic E-state index is 12.6. The molecular formula is C12H12ClF2NO6S. The van der Waals surface area contributed by atoms with Gasteiger partial charge in [0.15, 0.2) is 6.10 Å². The van der Waals surface area contributed by atoms with Crippen molar-refractivity contribution in [3.8, 4) is 5.75 Å². The normalized spacial score (nSPS) is 19.7. The molecule has 0 aromatic heterocycles. The van der Waals surface area contributed by atoms with Crippen LogP contribution in [-0.4, -0.2) is 56.2 Å². The zero-order valence-electron chi connectivity index (χ0n) is 11.5. The summed E-state index contributed by atoms with van der Waals surface area (Å²) < 4.78 is 60.1. The predicted molar refractivity (Wildman–Crippen MR) is 74.2 cm³/mol. The van der Waals surface area contributed by atoms with Gasteiger partial charge in [-0.25, -0.2) is 13.2 Å². The van der Waals surface area contributed by atoms with Crippen molar-refractivity contribution in [2.75, 3.05) is 19.7 Å². The molecule has 128 valence electrons. The first-order valence-electron chi connectivity index (χ1n) is 6.30. The third-order valence-corrected chi connectivity index (χ3v) is 5.17. The highest BCUT2D eigenvalue weighted by Gasteiger charge is 2.36. The summed E-state index contributed by atoms with van der Waals surface area (Å²) in [5.74, 6) is -1.89. The maximum atomic E-state index is 12.6. The predicted octanol–water partition coefficient (Wildman–Crippen LogP) is 1.42. The summed E-state index contributed by atoms with van der Waals surface area (Å²) in [5, 5.41) is 8.93. The molecule has 1 aliphatic rings. The molecule has 1 unspecified atom stereocenters. The van der Waals surface area contributed by atoms with Gasteiger partial charge in [0.2, 0.25) is 10.0 Å². The minimum Gasteiger partial charge on any atom is -0.479 e. The molecule has 1 fully saturated rings. The van der Waals surface area contributed by atoms with Gasteiger partial charge in [-0.3, -0.25) is 0 Å². The van der Waals surface area contributed by atoms with Gasteiger partial charge in [0, 0.05) is 11.6 Å². The van der Waals surface area contributed by atoms with E-state index >= 15 is 0 Å². The van der Waals surface area contributed by atoms with E-state index in [-0.39, 0.29) is 18.2 Å². The number of aliphatic carboxylic acids is 1. The quantitative estimate of drug-likeness (QED) is 0.841. The van der Waals surface area contributed by atoms with E-state index in [0.717, 1.165) is 16.4 Å². The number of hydrogen-bond acceptors (Lipinski definition) is 5. The van der Waals surface area contributed by atoms with E-state index in [2.05, 4.69) is 4.74 Å². The van der Waals surface area contributed by atoms with Crippen molar-refractivity contribution in [1.82, 2.24) is 4.31 Å². The number of ether oxygens (including phenoxy) is 2. The van der Waals surface area contributed by atoms with Crippen LogP contribution in [0.2, 0.25) is 5.02 Å². The Morgan fingerprint density at radius 3 is 2.78 bits per heavy atom. The zero-order chi connectivity index (χ0) is 17.2. The highest BCUT2D eigenvalue weighted by molar-refractivity contribution is 7.89. The Hall–Kier alpha value is -1.49. The number of carbonyl (C=O) groups is 1. The molecule has 0 radical (unpaired) electrons. The fraction of sp³-hybridized carbons (Fsp3) is 0.417. The summed E-state index contributed by atoms with van der Waals surface area (Å²) >= 11 is 5.73. The summed E-state index contributed by atoms with van der Waals surface area (Å²) in [4.78, 5) is 10.4. The van der Waals surface area contributed by atoms with Gasteiger partial charge in [0.25, 0.3) is 0 Å². The number of nitrogens with zero attached hydrogens (tertiary/aromatic N) is 1. The monoisotopic (exact) mass is 371 g/mol. The first kappa shape index (κ1) is 17.9. The van der Waals surface area contributed by atoms with E-state index in [0.29, 0.717) is 0 Å². The molecule has 23 heavy (non-hydrogen) atoms. The highest BCUT2D eigenvalue weighted by Crippen LogP contribution is 2.31. The fourth-order valence-electron chi connectivity index (χ4n) is 2.01.